The Morgan fingerprint density at radius 2 is 1.95 bits per heavy atom. The lowest BCUT2D eigenvalue weighted by molar-refractivity contribution is 0.0933. The number of hydrogen-bond acceptors (Lipinski definition) is 4. The van der Waals surface area contributed by atoms with Crippen LogP contribution in [0, 0.1) is 13.8 Å². The number of H-pyrrole nitrogens is 1. The highest BCUT2D eigenvalue weighted by Gasteiger charge is 2.14. The first-order chi connectivity index (χ1) is 10.4. The van der Waals surface area contributed by atoms with Gasteiger partial charge in [0.1, 0.15) is 11.3 Å². The van der Waals surface area contributed by atoms with Gasteiger partial charge in [-0.3, -0.25) is 14.4 Å². The van der Waals surface area contributed by atoms with Gasteiger partial charge in [0.15, 0.2) is 5.76 Å². The van der Waals surface area contributed by atoms with E-state index in [1.54, 1.807) is 19.1 Å². The molecule has 0 radical (unpaired) electrons. The van der Waals surface area contributed by atoms with Gasteiger partial charge in [0.05, 0.1) is 6.54 Å². The summed E-state index contributed by atoms with van der Waals surface area (Å²) in [5.74, 6) is -0.256. The number of amides is 2. The van der Waals surface area contributed by atoms with Crippen molar-refractivity contribution >= 4 is 11.8 Å². The zero-order valence-corrected chi connectivity index (χ0v) is 12.6. The van der Waals surface area contributed by atoms with E-state index in [-0.39, 0.29) is 23.8 Å². The van der Waals surface area contributed by atoms with Crippen LogP contribution in [0.3, 0.4) is 0 Å². The summed E-state index contributed by atoms with van der Waals surface area (Å²) in [4.78, 5) is 37.8. The molecule has 7 nitrogen and oxygen atoms in total. The molecule has 0 atom stereocenters. The third-order valence-corrected chi connectivity index (χ3v) is 3.28. The second-order valence-corrected chi connectivity index (χ2v) is 4.85. The Morgan fingerprint density at radius 3 is 2.64 bits per heavy atom. The maximum atomic E-state index is 12.0. The highest BCUT2D eigenvalue weighted by atomic mass is 16.4. The largest absolute Gasteiger partial charge is 0.454 e. The van der Waals surface area contributed by atoms with Crippen molar-refractivity contribution in [3.63, 3.8) is 0 Å². The molecule has 0 spiro atoms. The summed E-state index contributed by atoms with van der Waals surface area (Å²) in [7, 11) is 1.50. The van der Waals surface area contributed by atoms with E-state index in [9.17, 15) is 14.4 Å². The molecule has 7 heteroatoms. The quantitative estimate of drug-likeness (QED) is 0.779. The van der Waals surface area contributed by atoms with Crippen LogP contribution in [-0.2, 0) is 6.54 Å². The molecule has 0 unspecified atom stereocenters. The van der Waals surface area contributed by atoms with E-state index in [1.807, 2.05) is 6.92 Å². The average molecular weight is 303 g/mol. The van der Waals surface area contributed by atoms with Crippen LogP contribution in [0.25, 0.3) is 0 Å². The van der Waals surface area contributed by atoms with Crippen molar-refractivity contribution in [1.29, 1.82) is 0 Å². The number of hydrogen-bond donors (Lipinski definition) is 3. The molecule has 0 aliphatic heterocycles. The van der Waals surface area contributed by atoms with Gasteiger partial charge < -0.3 is 20.0 Å². The van der Waals surface area contributed by atoms with Crippen molar-refractivity contribution in [3.8, 4) is 0 Å². The third kappa shape index (κ3) is 3.25. The van der Waals surface area contributed by atoms with Crippen molar-refractivity contribution in [3.05, 3.63) is 56.9 Å². The number of aromatic amines is 1. The van der Waals surface area contributed by atoms with Gasteiger partial charge in [0.25, 0.3) is 17.4 Å². The molecule has 2 heterocycles. The molecule has 116 valence electrons. The molecule has 2 rings (SSSR count). The lowest BCUT2D eigenvalue weighted by Gasteiger charge is -2.05. The summed E-state index contributed by atoms with van der Waals surface area (Å²) in [5.41, 5.74) is 1.15. The Balaban J connectivity index is 2.07. The van der Waals surface area contributed by atoms with Crippen molar-refractivity contribution < 1.29 is 14.0 Å². The molecule has 2 aromatic rings. The molecule has 0 fully saturated rings. The summed E-state index contributed by atoms with van der Waals surface area (Å²) < 4.78 is 5.28. The van der Waals surface area contributed by atoms with Crippen molar-refractivity contribution in [2.45, 2.75) is 20.4 Å². The molecular formula is C15H17N3O4. The molecular weight excluding hydrogens is 286 g/mol. The van der Waals surface area contributed by atoms with Crippen LogP contribution >= 0.6 is 0 Å². The lowest BCUT2D eigenvalue weighted by atomic mass is 10.1. The van der Waals surface area contributed by atoms with Crippen LogP contribution in [0.4, 0.5) is 0 Å². The first kappa shape index (κ1) is 15.6. The van der Waals surface area contributed by atoms with Crippen LogP contribution in [0.5, 0.6) is 0 Å². The summed E-state index contributed by atoms with van der Waals surface area (Å²) in [5, 5.41) is 5.03. The summed E-state index contributed by atoms with van der Waals surface area (Å²) in [6, 6.07) is 4.65. The number of pyridine rings is 1. The fourth-order valence-corrected chi connectivity index (χ4v) is 1.88. The number of carbonyl (C=O) groups excluding carboxylic acids is 2. The van der Waals surface area contributed by atoms with Crippen LogP contribution in [0.15, 0.2) is 27.4 Å². The molecule has 2 aromatic heterocycles. The van der Waals surface area contributed by atoms with Crippen molar-refractivity contribution in [2.24, 2.45) is 0 Å². The minimum Gasteiger partial charge on any atom is -0.454 e. The Morgan fingerprint density at radius 1 is 1.23 bits per heavy atom. The van der Waals surface area contributed by atoms with E-state index in [0.717, 1.165) is 11.3 Å². The molecule has 0 saturated carbocycles. The summed E-state index contributed by atoms with van der Waals surface area (Å²) in [6.45, 7) is 3.66. The molecule has 22 heavy (non-hydrogen) atoms. The number of furan rings is 1. The van der Waals surface area contributed by atoms with Crippen LogP contribution in [0.2, 0.25) is 0 Å². The molecule has 3 N–H and O–H groups in total. The van der Waals surface area contributed by atoms with Gasteiger partial charge in [-0.05, 0) is 37.6 Å². The molecule has 0 aliphatic carbocycles. The topological polar surface area (TPSA) is 104 Å². The number of aromatic nitrogens is 1. The summed E-state index contributed by atoms with van der Waals surface area (Å²) in [6.07, 6.45) is 0. The maximum Gasteiger partial charge on any atom is 0.286 e. The molecule has 0 saturated heterocycles. The zero-order chi connectivity index (χ0) is 16.3. The lowest BCUT2D eigenvalue weighted by Crippen LogP contribution is -2.29. The maximum absolute atomic E-state index is 12.0. The van der Waals surface area contributed by atoms with Crippen LogP contribution < -0.4 is 16.2 Å². The second-order valence-electron chi connectivity index (χ2n) is 4.85. The number of rotatable bonds is 4. The average Bonchev–Trinajstić information content (AvgIpc) is 2.96. The summed E-state index contributed by atoms with van der Waals surface area (Å²) >= 11 is 0. The Kier molecular flexibility index (Phi) is 4.45. The monoisotopic (exact) mass is 303 g/mol. The molecule has 0 aromatic carbocycles. The number of carbonyl (C=O) groups is 2. The molecule has 0 aliphatic rings. The van der Waals surface area contributed by atoms with E-state index in [1.165, 1.54) is 13.1 Å². The zero-order valence-electron chi connectivity index (χ0n) is 12.6. The van der Waals surface area contributed by atoms with Gasteiger partial charge in [-0.25, -0.2) is 0 Å². The Hall–Kier alpha value is -2.83. The highest BCUT2D eigenvalue weighted by molar-refractivity contribution is 5.94. The van der Waals surface area contributed by atoms with Crippen LogP contribution in [-0.4, -0.2) is 23.8 Å². The first-order valence-corrected chi connectivity index (χ1v) is 6.72. The van der Waals surface area contributed by atoms with Crippen LogP contribution in [0.1, 0.15) is 37.9 Å². The minimum absolute atomic E-state index is 0.0428. The van der Waals surface area contributed by atoms with Gasteiger partial charge in [0.2, 0.25) is 0 Å². The standard InChI is InChI=1S/C15H17N3O4/c1-8-6-11(14(20)18-9(8)2)13(19)17-7-10-4-5-12(22-10)15(21)16-3/h4-6H,7H2,1-3H3,(H,16,21)(H,17,19)(H,18,20). The molecule has 0 bridgehead atoms. The molecule has 2 amide bonds. The minimum atomic E-state index is -0.498. The highest BCUT2D eigenvalue weighted by Crippen LogP contribution is 2.08. The predicted molar refractivity (Wildman–Crippen MR) is 79.8 cm³/mol. The predicted octanol–water partition coefficient (Wildman–Crippen LogP) is 0.874. The third-order valence-electron chi connectivity index (χ3n) is 3.28. The Labute approximate surface area is 126 Å². The van der Waals surface area contributed by atoms with Gasteiger partial charge in [-0.15, -0.1) is 0 Å². The number of nitrogens with one attached hydrogen (secondary N) is 3. The first-order valence-electron chi connectivity index (χ1n) is 6.72. The van der Waals surface area contributed by atoms with Gasteiger partial charge >= 0.3 is 0 Å². The Bertz CT molecular complexity index is 773. The number of aryl methyl sites for hydroxylation is 2. The van der Waals surface area contributed by atoms with E-state index in [0.29, 0.717) is 5.76 Å². The fourth-order valence-electron chi connectivity index (χ4n) is 1.88. The van der Waals surface area contributed by atoms with Gasteiger partial charge in [-0.2, -0.15) is 0 Å². The van der Waals surface area contributed by atoms with E-state index < -0.39 is 11.5 Å². The van der Waals surface area contributed by atoms with Gasteiger partial charge in [-0.1, -0.05) is 0 Å². The van der Waals surface area contributed by atoms with E-state index in [4.69, 9.17) is 4.42 Å². The van der Waals surface area contributed by atoms with Crippen molar-refractivity contribution in [2.75, 3.05) is 7.05 Å². The normalized spacial score (nSPS) is 10.3. The van der Waals surface area contributed by atoms with Crippen molar-refractivity contribution in [1.82, 2.24) is 15.6 Å². The van der Waals surface area contributed by atoms with E-state index >= 15 is 0 Å². The van der Waals surface area contributed by atoms with E-state index in [2.05, 4.69) is 15.6 Å². The van der Waals surface area contributed by atoms with Gasteiger partial charge in [0, 0.05) is 12.7 Å². The second kappa shape index (κ2) is 6.30. The smallest absolute Gasteiger partial charge is 0.286 e. The fraction of sp³-hybridized carbons (Fsp3) is 0.267. The SMILES string of the molecule is CNC(=O)c1ccc(CNC(=O)c2cc(C)c(C)[nH]c2=O)o1.